The lowest BCUT2D eigenvalue weighted by atomic mass is 9.82. The van der Waals surface area contributed by atoms with Crippen molar-refractivity contribution in [3.63, 3.8) is 0 Å². The van der Waals surface area contributed by atoms with E-state index in [4.69, 9.17) is 5.73 Å². The van der Waals surface area contributed by atoms with Gasteiger partial charge in [0.15, 0.2) is 0 Å². The number of nitrogens with zero attached hydrogens (tertiary/aromatic N) is 1. The molecule has 0 amide bonds. The summed E-state index contributed by atoms with van der Waals surface area (Å²) >= 11 is 1.83. The summed E-state index contributed by atoms with van der Waals surface area (Å²) in [6, 6.07) is 10.5. The first-order chi connectivity index (χ1) is 9.74. The van der Waals surface area contributed by atoms with Gasteiger partial charge in [0.1, 0.15) is 0 Å². The largest absolute Gasteiger partial charge is 0.324 e. The van der Waals surface area contributed by atoms with Crippen molar-refractivity contribution in [2.24, 2.45) is 11.7 Å². The summed E-state index contributed by atoms with van der Waals surface area (Å²) < 4.78 is 1.39. The molecule has 2 aliphatic rings. The van der Waals surface area contributed by atoms with Crippen LogP contribution >= 0.6 is 11.3 Å². The number of hydrogen-bond donors (Lipinski definition) is 1. The molecular formula is C17H22N2S. The smallest absolute Gasteiger partial charge is 0.0390 e. The molecule has 2 aromatic rings. The molecule has 2 fully saturated rings. The fourth-order valence-electron chi connectivity index (χ4n) is 4.28. The maximum atomic E-state index is 6.68. The summed E-state index contributed by atoms with van der Waals surface area (Å²) in [7, 11) is 2.30. The number of hydrogen-bond acceptors (Lipinski definition) is 3. The Morgan fingerprint density at radius 3 is 2.70 bits per heavy atom. The highest BCUT2D eigenvalue weighted by molar-refractivity contribution is 7.17. The summed E-state index contributed by atoms with van der Waals surface area (Å²) in [6.07, 6.45) is 5.28. The quantitative estimate of drug-likeness (QED) is 0.910. The van der Waals surface area contributed by atoms with Gasteiger partial charge in [0.05, 0.1) is 0 Å². The molecule has 2 bridgehead atoms. The second-order valence-corrected chi connectivity index (χ2v) is 7.41. The minimum atomic E-state index is 0.203. The number of thiophene rings is 1. The van der Waals surface area contributed by atoms with Crippen LogP contribution in [0.25, 0.3) is 10.1 Å². The van der Waals surface area contributed by atoms with E-state index < -0.39 is 0 Å². The van der Waals surface area contributed by atoms with Crippen molar-refractivity contribution >= 4 is 21.4 Å². The third kappa shape index (κ3) is 1.92. The molecular weight excluding hydrogens is 264 g/mol. The lowest BCUT2D eigenvalue weighted by molar-refractivity contribution is 0.121. The van der Waals surface area contributed by atoms with Crippen LogP contribution in [-0.4, -0.2) is 24.0 Å². The summed E-state index contributed by atoms with van der Waals surface area (Å²) in [6.45, 7) is 0. The molecule has 2 nitrogen and oxygen atoms in total. The Kier molecular flexibility index (Phi) is 3.09. The number of benzene rings is 1. The molecule has 3 heterocycles. The van der Waals surface area contributed by atoms with Crippen LogP contribution in [0.2, 0.25) is 0 Å². The van der Waals surface area contributed by atoms with E-state index in [0.29, 0.717) is 5.92 Å². The van der Waals surface area contributed by atoms with E-state index >= 15 is 0 Å². The van der Waals surface area contributed by atoms with E-state index in [-0.39, 0.29) is 6.04 Å². The molecule has 0 spiro atoms. The Labute approximate surface area is 124 Å². The molecule has 2 saturated heterocycles. The van der Waals surface area contributed by atoms with Gasteiger partial charge in [0.2, 0.25) is 0 Å². The van der Waals surface area contributed by atoms with Crippen LogP contribution in [0.5, 0.6) is 0 Å². The van der Waals surface area contributed by atoms with Crippen LogP contribution in [0.15, 0.2) is 29.6 Å². The summed E-state index contributed by atoms with van der Waals surface area (Å²) in [5.74, 6) is 0.649. The van der Waals surface area contributed by atoms with E-state index in [1.807, 2.05) is 11.3 Å². The second-order valence-electron chi connectivity index (χ2n) is 6.49. The Hall–Kier alpha value is -0.900. The van der Waals surface area contributed by atoms with Gasteiger partial charge in [-0.05, 0) is 61.0 Å². The minimum absolute atomic E-state index is 0.203. The standard InChI is InChI=1S/C17H22N2S/c1-19-13-5-6-14(19)10-12(9-13)16(18)15-4-2-3-11-7-8-20-17(11)15/h2-4,7-8,12-14,16H,5-6,9-10,18H2,1H3. The molecule has 4 rings (SSSR count). The normalized spacial score (nSPS) is 31.8. The molecule has 1 aromatic heterocycles. The molecule has 20 heavy (non-hydrogen) atoms. The highest BCUT2D eigenvalue weighted by atomic mass is 32.1. The predicted octanol–water partition coefficient (Wildman–Crippen LogP) is 3.77. The van der Waals surface area contributed by atoms with E-state index in [0.717, 1.165) is 12.1 Å². The van der Waals surface area contributed by atoms with Gasteiger partial charge in [0, 0.05) is 22.8 Å². The summed E-state index contributed by atoms with van der Waals surface area (Å²) in [4.78, 5) is 2.59. The molecule has 3 atom stereocenters. The van der Waals surface area contributed by atoms with Gasteiger partial charge in [-0.1, -0.05) is 18.2 Å². The molecule has 3 unspecified atom stereocenters. The molecule has 0 aliphatic carbocycles. The molecule has 2 N–H and O–H groups in total. The summed E-state index contributed by atoms with van der Waals surface area (Å²) in [5.41, 5.74) is 8.05. The van der Waals surface area contributed by atoms with Gasteiger partial charge in [0.25, 0.3) is 0 Å². The fraction of sp³-hybridized carbons (Fsp3) is 0.529. The first-order valence-electron chi connectivity index (χ1n) is 7.67. The van der Waals surface area contributed by atoms with Gasteiger partial charge in [-0.25, -0.2) is 0 Å². The first-order valence-corrected chi connectivity index (χ1v) is 8.55. The summed E-state index contributed by atoms with van der Waals surface area (Å²) in [5, 5.41) is 3.53. The average Bonchev–Trinajstić information content (AvgIpc) is 2.99. The average molecular weight is 286 g/mol. The lowest BCUT2D eigenvalue weighted by Crippen LogP contribution is -2.42. The van der Waals surface area contributed by atoms with Crippen molar-refractivity contribution in [2.75, 3.05) is 7.05 Å². The number of fused-ring (bicyclic) bond motifs is 3. The first kappa shape index (κ1) is 12.8. The number of nitrogens with two attached hydrogens (primary N) is 1. The third-order valence-corrected chi connectivity index (χ3v) is 6.49. The Morgan fingerprint density at radius 1 is 1.20 bits per heavy atom. The Morgan fingerprint density at radius 2 is 1.95 bits per heavy atom. The number of piperidine rings is 1. The van der Waals surface area contributed by atoms with Crippen molar-refractivity contribution < 1.29 is 0 Å². The maximum absolute atomic E-state index is 6.68. The second kappa shape index (κ2) is 4.83. The molecule has 106 valence electrons. The fourth-order valence-corrected chi connectivity index (χ4v) is 5.24. The van der Waals surface area contributed by atoms with E-state index in [9.17, 15) is 0 Å². The maximum Gasteiger partial charge on any atom is 0.0390 e. The van der Waals surface area contributed by atoms with Gasteiger partial charge in [-0.3, -0.25) is 0 Å². The van der Waals surface area contributed by atoms with E-state index in [2.05, 4.69) is 41.6 Å². The minimum Gasteiger partial charge on any atom is -0.324 e. The van der Waals surface area contributed by atoms with E-state index in [1.54, 1.807) is 0 Å². The van der Waals surface area contributed by atoms with Crippen molar-refractivity contribution in [3.8, 4) is 0 Å². The van der Waals surface area contributed by atoms with Crippen molar-refractivity contribution in [3.05, 3.63) is 35.2 Å². The monoisotopic (exact) mass is 286 g/mol. The highest BCUT2D eigenvalue weighted by Crippen LogP contribution is 2.43. The zero-order chi connectivity index (χ0) is 13.7. The van der Waals surface area contributed by atoms with E-state index in [1.165, 1.54) is 41.3 Å². The van der Waals surface area contributed by atoms with Crippen LogP contribution in [0.1, 0.15) is 37.3 Å². The van der Waals surface area contributed by atoms with Gasteiger partial charge in [-0.15, -0.1) is 11.3 Å². The number of rotatable bonds is 2. The highest BCUT2D eigenvalue weighted by Gasteiger charge is 2.40. The zero-order valence-electron chi connectivity index (χ0n) is 12.0. The van der Waals surface area contributed by atoms with Gasteiger partial charge >= 0.3 is 0 Å². The van der Waals surface area contributed by atoms with Crippen LogP contribution < -0.4 is 5.73 Å². The Balaban J connectivity index is 1.64. The topological polar surface area (TPSA) is 29.3 Å². The van der Waals surface area contributed by atoms with Crippen LogP contribution in [-0.2, 0) is 0 Å². The molecule has 3 heteroatoms. The molecule has 0 radical (unpaired) electrons. The SMILES string of the molecule is CN1C2CCC1CC(C(N)c1cccc3ccsc13)C2. The van der Waals surface area contributed by atoms with Crippen molar-refractivity contribution in [1.82, 2.24) is 4.90 Å². The van der Waals surface area contributed by atoms with Crippen molar-refractivity contribution in [2.45, 2.75) is 43.8 Å². The van der Waals surface area contributed by atoms with Gasteiger partial charge < -0.3 is 10.6 Å². The molecule has 2 aliphatic heterocycles. The zero-order valence-corrected chi connectivity index (χ0v) is 12.8. The third-order valence-electron chi connectivity index (χ3n) is 5.51. The Bertz CT molecular complexity index is 606. The predicted molar refractivity (Wildman–Crippen MR) is 86.1 cm³/mol. The van der Waals surface area contributed by atoms with Crippen LogP contribution in [0, 0.1) is 5.92 Å². The van der Waals surface area contributed by atoms with Gasteiger partial charge in [-0.2, -0.15) is 0 Å². The molecule has 0 saturated carbocycles. The van der Waals surface area contributed by atoms with Crippen molar-refractivity contribution in [1.29, 1.82) is 0 Å². The van der Waals surface area contributed by atoms with Crippen LogP contribution in [0.4, 0.5) is 0 Å². The van der Waals surface area contributed by atoms with Crippen LogP contribution in [0.3, 0.4) is 0 Å². The molecule has 1 aromatic carbocycles. The lowest BCUT2D eigenvalue weighted by Gasteiger charge is -2.39.